The van der Waals surface area contributed by atoms with E-state index in [1.165, 1.54) is 23.5 Å². The molecular formula is C22H24N2O3S2. The van der Waals surface area contributed by atoms with Crippen molar-refractivity contribution in [3.05, 3.63) is 54.1 Å². The van der Waals surface area contributed by atoms with Crippen molar-refractivity contribution < 1.29 is 14.3 Å². The molecule has 2 aromatic rings. The van der Waals surface area contributed by atoms with Crippen LogP contribution in [-0.2, 0) is 9.59 Å². The molecule has 0 unspecified atom stereocenters. The summed E-state index contributed by atoms with van der Waals surface area (Å²) in [7, 11) is 0. The average molecular weight is 429 g/mol. The minimum Gasteiger partial charge on any atom is -0.490 e. The number of anilines is 2. The number of nitrogens with zero attached hydrogens (tertiary/aromatic N) is 1. The zero-order chi connectivity index (χ0) is 20.1. The maximum absolute atomic E-state index is 12.7. The van der Waals surface area contributed by atoms with Crippen molar-refractivity contribution in [2.24, 2.45) is 0 Å². The number of thioether (sulfide) groups is 2. The van der Waals surface area contributed by atoms with Gasteiger partial charge in [-0.2, -0.15) is 0 Å². The first-order valence-corrected chi connectivity index (χ1v) is 12.0. The Hall–Kier alpha value is -2.12. The number of para-hydroxylation sites is 2. The number of hydrogen-bond donors (Lipinski definition) is 1. The van der Waals surface area contributed by atoms with Crippen LogP contribution in [0.5, 0.6) is 5.75 Å². The molecule has 152 valence electrons. The molecule has 0 radical (unpaired) electrons. The van der Waals surface area contributed by atoms with Crippen LogP contribution >= 0.6 is 23.5 Å². The van der Waals surface area contributed by atoms with Crippen molar-refractivity contribution in [3.8, 4) is 5.75 Å². The second-order valence-corrected chi connectivity index (χ2v) is 9.69. The zero-order valence-electron chi connectivity index (χ0n) is 16.1. The molecule has 5 nitrogen and oxygen atoms in total. The van der Waals surface area contributed by atoms with Crippen LogP contribution in [0.25, 0.3) is 0 Å². The summed E-state index contributed by atoms with van der Waals surface area (Å²) in [5.74, 6) is 2.88. The van der Waals surface area contributed by atoms with Gasteiger partial charge in [0.25, 0.3) is 0 Å². The highest BCUT2D eigenvalue weighted by atomic mass is 32.2. The normalized spacial score (nSPS) is 16.6. The van der Waals surface area contributed by atoms with Gasteiger partial charge in [0.15, 0.2) is 0 Å². The molecule has 2 amide bonds. The lowest BCUT2D eigenvalue weighted by Crippen LogP contribution is -2.38. The van der Waals surface area contributed by atoms with Gasteiger partial charge >= 0.3 is 0 Å². The van der Waals surface area contributed by atoms with Crippen LogP contribution in [0.2, 0.25) is 0 Å². The van der Waals surface area contributed by atoms with Gasteiger partial charge in [-0.05, 0) is 47.8 Å². The molecule has 2 aliphatic heterocycles. The van der Waals surface area contributed by atoms with Crippen LogP contribution in [0, 0.1) is 0 Å². The Morgan fingerprint density at radius 2 is 1.90 bits per heavy atom. The largest absolute Gasteiger partial charge is 0.490 e. The molecule has 4 rings (SSSR count). The van der Waals surface area contributed by atoms with E-state index in [2.05, 4.69) is 11.4 Å². The van der Waals surface area contributed by atoms with E-state index in [1.54, 1.807) is 4.90 Å². The quantitative estimate of drug-likeness (QED) is 0.748. The lowest BCUT2D eigenvalue weighted by atomic mass is 10.2. The molecular weight excluding hydrogens is 404 g/mol. The average Bonchev–Trinajstić information content (AvgIpc) is 2.78. The van der Waals surface area contributed by atoms with E-state index >= 15 is 0 Å². The number of hydrogen-bond acceptors (Lipinski definition) is 5. The Morgan fingerprint density at radius 3 is 2.76 bits per heavy atom. The number of carbonyl (C=O) groups excluding carboxylic acids is 2. The molecule has 0 bridgehead atoms. The van der Waals surface area contributed by atoms with E-state index in [9.17, 15) is 9.59 Å². The molecule has 0 saturated carbocycles. The van der Waals surface area contributed by atoms with E-state index in [0.717, 1.165) is 11.4 Å². The van der Waals surface area contributed by atoms with Crippen LogP contribution in [0.4, 0.5) is 11.4 Å². The molecule has 1 N–H and O–H groups in total. The summed E-state index contributed by atoms with van der Waals surface area (Å²) in [5.41, 5.74) is 2.81. The van der Waals surface area contributed by atoms with Crippen molar-refractivity contribution >= 4 is 46.7 Å². The van der Waals surface area contributed by atoms with E-state index in [4.69, 9.17) is 4.74 Å². The number of ether oxygens (including phenoxy) is 1. The van der Waals surface area contributed by atoms with Gasteiger partial charge in [0.2, 0.25) is 11.8 Å². The molecule has 0 atom stereocenters. The number of amides is 2. The first-order valence-electron chi connectivity index (χ1n) is 9.86. The Bertz CT molecular complexity index is 884. The second kappa shape index (κ2) is 9.59. The number of nitrogens with one attached hydrogen (secondary N) is 1. The van der Waals surface area contributed by atoms with Gasteiger partial charge in [-0.1, -0.05) is 24.3 Å². The highest BCUT2D eigenvalue weighted by Crippen LogP contribution is 2.44. The summed E-state index contributed by atoms with van der Waals surface area (Å²) in [6.45, 7) is 0.981. The monoisotopic (exact) mass is 428 g/mol. The summed E-state index contributed by atoms with van der Waals surface area (Å²) in [4.78, 5) is 26.8. The maximum atomic E-state index is 12.7. The number of rotatable bonds is 5. The molecule has 2 aliphatic rings. The fourth-order valence-electron chi connectivity index (χ4n) is 3.45. The molecule has 7 heteroatoms. The summed E-state index contributed by atoms with van der Waals surface area (Å²) in [6.07, 6.45) is 1.59. The molecule has 0 aliphatic carbocycles. The van der Waals surface area contributed by atoms with Crippen molar-refractivity contribution in [2.75, 3.05) is 34.9 Å². The molecule has 1 saturated heterocycles. The maximum Gasteiger partial charge on any atom is 0.227 e. The Kier molecular flexibility index (Phi) is 6.67. The van der Waals surface area contributed by atoms with Crippen LogP contribution in [0.3, 0.4) is 0 Å². The highest BCUT2D eigenvalue weighted by Gasteiger charge is 2.23. The zero-order valence-corrected chi connectivity index (χ0v) is 17.8. The van der Waals surface area contributed by atoms with Gasteiger partial charge in [0, 0.05) is 18.5 Å². The summed E-state index contributed by atoms with van der Waals surface area (Å²) < 4.78 is 6.03. The van der Waals surface area contributed by atoms with E-state index in [1.807, 2.05) is 66.0 Å². The second-order valence-electron chi connectivity index (χ2n) is 6.96. The van der Waals surface area contributed by atoms with E-state index in [0.29, 0.717) is 23.5 Å². The molecule has 1 fully saturated rings. The van der Waals surface area contributed by atoms with E-state index < -0.39 is 0 Å². The fourth-order valence-corrected chi connectivity index (χ4v) is 6.32. The lowest BCUT2D eigenvalue weighted by molar-refractivity contribution is -0.122. The first kappa shape index (κ1) is 20.2. The highest BCUT2D eigenvalue weighted by molar-refractivity contribution is 8.16. The molecule has 0 spiro atoms. The SMILES string of the molecule is O=C(CCC(=O)N1CCOc2ccccc21)Nc1cccc(C2SCCCS2)c1. The first-order chi connectivity index (χ1) is 14.2. The smallest absolute Gasteiger partial charge is 0.227 e. The molecule has 29 heavy (non-hydrogen) atoms. The van der Waals surface area contributed by atoms with Gasteiger partial charge in [0.1, 0.15) is 12.4 Å². The van der Waals surface area contributed by atoms with Gasteiger partial charge in [-0.15, -0.1) is 23.5 Å². The van der Waals surface area contributed by atoms with Gasteiger partial charge in [-0.3, -0.25) is 9.59 Å². The topological polar surface area (TPSA) is 58.6 Å². The molecule has 0 aromatic heterocycles. The summed E-state index contributed by atoms with van der Waals surface area (Å²) in [6, 6.07) is 15.6. The van der Waals surface area contributed by atoms with Crippen LogP contribution in [0.1, 0.15) is 29.4 Å². The Balaban J connectivity index is 1.32. The lowest BCUT2D eigenvalue weighted by Gasteiger charge is -2.29. The number of fused-ring (bicyclic) bond motifs is 1. The minimum atomic E-state index is -0.138. The molecule has 2 heterocycles. The fraction of sp³-hybridized carbons (Fsp3) is 0.364. The third kappa shape index (κ3) is 5.08. The third-order valence-corrected chi connectivity index (χ3v) is 7.88. The van der Waals surface area contributed by atoms with Crippen LogP contribution in [-0.4, -0.2) is 36.5 Å². The number of benzene rings is 2. The molecule has 2 aromatic carbocycles. The van der Waals surface area contributed by atoms with Crippen molar-refractivity contribution in [3.63, 3.8) is 0 Å². The minimum absolute atomic E-state index is 0.0559. The summed E-state index contributed by atoms with van der Waals surface area (Å²) >= 11 is 3.92. The van der Waals surface area contributed by atoms with Gasteiger partial charge in [0.05, 0.1) is 16.8 Å². The summed E-state index contributed by atoms with van der Waals surface area (Å²) in [5, 5.41) is 2.95. The van der Waals surface area contributed by atoms with Gasteiger partial charge < -0.3 is 15.0 Å². The van der Waals surface area contributed by atoms with E-state index in [-0.39, 0.29) is 24.7 Å². The van der Waals surface area contributed by atoms with Gasteiger partial charge in [-0.25, -0.2) is 0 Å². The third-order valence-electron chi connectivity index (χ3n) is 4.87. The van der Waals surface area contributed by atoms with Crippen molar-refractivity contribution in [1.82, 2.24) is 0 Å². The Morgan fingerprint density at radius 1 is 1.07 bits per heavy atom. The predicted molar refractivity (Wildman–Crippen MR) is 121 cm³/mol. The Labute approximate surface area is 179 Å². The van der Waals surface area contributed by atoms with Crippen molar-refractivity contribution in [2.45, 2.75) is 23.8 Å². The predicted octanol–water partition coefficient (Wildman–Crippen LogP) is 4.70. The van der Waals surface area contributed by atoms with Crippen LogP contribution < -0.4 is 15.0 Å². The van der Waals surface area contributed by atoms with Crippen molar-refractivity contribution in [1.29, 1.82) is 0 Å². The number of carbonyl (C=O) groups is 2. The van der Waals surface area contributed by atoms with Crippen LogP contribution in [0.15, 0.2) is 48.5 Å². The standard InChI is InChI=1S/C22H24N2O3S2/c25-20(23-17-6-3-5-16(15-17)22-28-13-4-14-29-22)9-10-21(26)24-11-12-27-19-8-2-1-7-18(19)24/h1-3,5-8,15,22H,4,9-14H2,(H,23,25).